The van der Waals surface area contributed by atoms with Crippen LogP contribution in [0.4, 0.5) is 0 Å². The van der Waals surface area contributed by atoms with Gasteiger partial charge < -0.3 is 15.2 Å². The summed E-state index contributed by atoms with van der Waals surface area (Å²) in [5, 5.41) is 0. The van der Waals surface area contributed by atoms with E-state index in [0.29, 0.717) is 6.54 Å². The van der Waals surface area contributed by atoms with Crippen LogP contribution in [0.25, 0.3) is 11.1 Å². The highest BCUT2D eigenvalue weighted by Crippen LogP contribution is 2.29. The zero-order valence-electron chi connectivity index (χ0n) is 10.6. The van der Waals surface area contributed by atoms with Crippen molar-refractivity contribution in [1.29, 1.82) is 0 Å². The molecule has 3 heteroatoms. The minimum atomic E-state index is 0.476. The van der Waals surface area contributed by atoms with Crippen molar-refractivity contribution in [2.45, 2.75) is 6.54 Å². The molecule has 3 nitrogen and oxygen atoms in total. The van der Waals surface area contributed by atoms with Crippen molar-refractivity contribution in [3.63, 3.8) is 0 Å². The Labute approximate surface area is 107 Å². The number of nitrogens with two attached hydrogens (primary N) is 1. The summed E-state index contributed by atoms with van der Waals surface area (Å²) < 4.78 is 10.5. The summed E-state index contributed by atoms with van der Waals surface area (Å²) in [7, 11) is 3.32. The summed E-state index contributed by atoms with van der Waals surface area (Å²) in [6.45, 7) is 0.476. The monoisotopic (exact) mass is 243 g/mol. The standard InChI is InChI=1S/C15H17NO2/c1-17-13-5-3-4-11(8-13)15-7-6-14(18-2)9-12(15)10-16/h3-9H,10,16H2,1-2H3. The summed E-state index contributed by atoms with van der Waals surface area (Å²) >= 11 is 0. The molecule has 0 aliphatic carbocycles. The predicted molar refractivity (Wildman–Crippen MR) is 72.9 cm³/mol. The van der Waals surface area contributed by atoms with E-state index in [1.807, 2.05) is 42.5 Å². The number of benzene rings is 2. The third-order valence-electron chi connectivity index (χ3n) is 2.91. The smallest absolute Gasteiger partial charge is 0.119 e. The lowest BCUT2D eigenvalue weighted by Gasteiger charge is -2.11. The SMILES string of the molecule is COc1cccc(-c2ccc(OC)cc2CN)c1. The molecule has 0 aromatic heterocycles. The van der Waals surface area contributed by atoms with Crippen LogP contribution in [0.5, 0.6) is 11.5 Å². The van der Waals surface area contributed by atoms with Gasteiger partial charge in [0, 0.05) is 6.54 Å². The van der Waals surface area contributed by atoms with Crippen molar-refractivity contribution in [3.05, 3.63) is 48.0 Å². The first-order valence-corrected chi connectivity index (χ1v) is 5.80. The molecule has 0 fully saturated rings. The van der Waals surface area contributed by atoms with Crippen molar-refractivity contribution >= 4 is 0 Å². The van der Waals surface area contributed by atoms with Crippen molar-refractivity contribution < 1.29 is 9.47 Å². The van der Waals surface area contributed by atoms with Gasteiger partial charge in [0.25, 0.3) is 0 Å². The van der Waals surface area contributed by atoms with E-state index in [1.165, 1.54) is 0 Å². The lowest BCUT2D eigenvalue weighted by molar-refractivity contribution is 0.414. The van der Waals surface area contributed by atoms with Gasteiger partial charge in [0.1, 0.15) is 11.5 Å². The minimum Gasteiger partial charge on any atom is -0.497 e. The minimum absolute atomic E-state index is 0.476. The molecule has 2 aromatic carbocycles. The molecule has 0 heterocycles. The zero-order valence-corrected chi connectivity index (χ0v) is 10.6. The van der Waals surface area contributed by atoms with Gasteiger partial charge in [-0.3, -0.25) is 0 Å². The Kier molecular flexibility index (Phi) is 3.85. The summed E-state index contributed by atoms with van der Waals surface area (Å²) in [6, 6.07) is 13.9. The van der Waals surface area contributed by atoms with Crippen LogP contribution in [0.1, 0.15) is 5.56 Å². The van der Waals surface area contributed by atoms with E-state index in [9.17, 15) is 0 Å². The Morgan fingerprint density at radius 1 is 0.944 bits per heavy atom. The van der Waals surface area contributed by atoms with Gasteiger partial charge in [0.05, 0.1) is 14.2 Å². The third-order valence-corrected chi connectivity index (χ3v) is 2.91. The van der Waals surface area contributed by atoms with E-state index >= 15 is 0 Å². The number of rotatable bonds is 4. The van der Waals surface area contributed by atoms with Crippen molar-refractivity contribution in [3.8, 4) is 22.6 Å². The fraction of sp³-hybridized carbons (Fsp3) is 0.200. The number of ether oxygens (including phenoxy) is 2. The average molecular weight is 243 g/mol. The molecule has 18 heavy (non-hydrogen) atoms. The maximum Gasteiger partial charge on any atom is 0.119 e. The molecule has 0 radical (unpaired) electrons. The Morgan fingerprint density at radius 2 is 1.67 bits per heavy atom. The molecule has 0 saturated carbocycles. The van der Waals surface area contributed by atoms with Gasteiger partial charge in [0.2, 0.25) is 0 Å². The molecular formula is C15H17NO2. The van der Waals surface area contributed by atoms with E-state index in [2.05, 4.69) is 0 Å². The molecule has 2 N–H and O–H groups in total. The van der Waals surface area contributed by atoms with Crippen LogP contribution in [0.2, 0.25) is 0 Å². The van der Waals surface area contributed by atoms with E-state index in [0.717, 1.165) is 28.2 Å². The maximum absolute atomic E-state index is 5.80. The summed E-state index contributed by atoms with van der Waals surface area (Å²) in [5.74, 6) is 1.66. The van der Waals surface area contributed by atoms with Crippen LogP contribution in [0.3, 0.4) is 0 Å². The highest BCUT2D eigenvalue weighted by molar-refractivity contribution is 5.69. The van der Waals surface area contributed by atoms with Crippen LogP contribution in [-0.4, -0.2) is 14.2 Å². The molecule has 0 saturated heterocycles. The summed E-state index contributed by atoms with van der Waals surface area (Å²) in [5.41, 5.74) is 9.06. The van der Waals surface area contributed by atoms with Crippen molar-refractivity contribution in [2.24, 2.45) is 5.73 Å². The molecule has 2 rings (SSSR count). The first-order chi connectivity index (χ1) is 8.78. The lowest BCUT2D eigenvalue weighted by Crippen LogP contribution is -2.00. The second-order valence-electron chi connectivity index (χ2n) is 3.96. The Balaban J connectivity index is 2.48. The molecule has 0 unspecified atom stereocenters. The van der Waals surface area contributed by atoms with Crippen LogP contribution < -0.4 is 15.2 Å². The normalized spacial score (nSPS) is 10.2. The number of methoxy groups -OCH3 is 2. The fourth-order valence-corrected chi connectivity index (χ4v) is 1.94. The summed E-state index contributed by atoms with van der Waals surface area (Å²) in [6.07, 6.45) is 0. The van der Waals surface area contributed by atoms with Crippen LogP contribution in [-0.2, 0) is 6.54 Å². The quantitative estimate of drug-likeness (QED) is 0.898. The van der Waals surface area contributed by atoms with E-state index in [1.54, 1.807) is 14.2 Å². The van der Waals surface area contributed by atoms with Gasteiger partial charge in [-0.25, -0.2) is 0 Å². The van der Waals surface area contributed by atoms with E-state index in [4.69, 9.17) is 15.2 Å². The predicted octanol–water partition coefficient (Wildman–Crippen LogP) is 2.83. The molecular weight excluding hydrogens is 226 g/mol. The highest BCUT2D eigenvalue weighted by Gasteiger charge is 2.06. The van der Waals surface area contributed by atoms with Crippen molar-refractivity contribution in [1.82, 2.24) is 0 Å². The molecule has 94 valence electrons. The molecule has 2 aromatic rings. The maximum atomic E-state index is 5.80. The zero-order chi connectivity index (χ0) is 13.0. The van der Waals surface area contributed by atoms with Gasteiger partial charge in [0.15, 0.2) is 0 Å². The molecule has 0 atom stereocenters. The second kappa shape index (κ2) is 5.56. The fourth-order valence-electron chi connectivity index (χ4n) is 1.94. The Morgan fingerprint density at radius 3 is 2.33 bits per heavy atom. The van der Waals surface area contributed by atoms with E-state index < -0.39 is 0 Å². The summed E-state index contributed by atoms with van der Waals surface area (Å²) in [4.78, 5) is 0. The molecule has 0 bridgehead atoms. The van der Waals surface area contributed by atoms with Gasteiger partial charge in [-0.2, -0.15) is 0 Å². The Hall–Kier alpha value is -2.00. The molecule has 0 aliphatic heterocycles. The third kappa shape index (κ3) is 2.46. The van der Waals surface area contributed by atoms with Crippen LogP contribution in [0.15, 0.2) is 42.5 Å². The number of hydrogen-bond acceptors (Lipinski definition) is 3. The first kappa shape index (κ1) is 12.5. The second-order valence-corrected chi connectivity index (χ2v) is 3.96. The van der Waals surface area contributed by atoms with Gasteiger partial charge >= 0.3 is 0 Å². The topological polar surface area (TPSA) is 44.5 Å². The van der Waals surface area contributed by atoms with Gasteiger partial charge in [-0.05, 0) is 41.0 Å². The first-order valence-electron chi connectivity index (χ1n) is 5.80. The largest absolute Gasteiger partial charge is 0.497 e. The number of hydrogen-bond donors (Lipinski definition) is 1. The van der Waals surface area contributed by atoms with Crippen molar-refractivity contribution in [2.75, 3.05) is 14.2 Å². The van der Waals surface area contributed by atoms with Crippen LogP contribution >= 0.6 is 0 Å². The highest BCUT2D eigenvalue weighted by atomic mass is 16.5. The Bertz CT molecular complexity index is 538. The molecule has 0 amide bonds. The van der Waals surface area contributed by atoms with Gasteiger partial charge in [-0.15, -0.1) is 0 Å². The van der Waals surface area contributed by atoms with E-state index in [-0.39, 0.29) is 0 Å². The lowest BCUT2D eigenvalue weighted by atomic mass is 9.99. The average Bonchev–Trinajstić information content (AvgIpc) is 2.46. The van der Waals surface area contributed by atoms with Crippen LogP contribution in [0, 0.1) is 0 Å². The molecule has 0 spiro atoms. The molecule has 0 aliphatic rings. The van der Waals surface area contributed by atoms with Gasteiger partial charge in [-0.1, -0.05) is 18.2 Å².